The number of aliphatic hydroxyl groups is 4. The quantitative estimate of drug-likeness (QED) is 0.532. The molecule has 0 aromatic carbocycles. The van der Waals surface area contributed by atoms with Crippen molar-refractivity contribution >= 4 is 11.6 Å². The van der Waals surface area contributed by atoms with Gasteiger partial charge in [0.1, 0.15) is 6.61 Å². The van der Waals surface area contributed by atoms with E-state index in [9.17, 15) is 30.0 Å². The Kier molecular flexibility index (Phi) is 4.25. The third-order valence-electron chi connectivity index (χ3n) is 8.53. The highest BCUT2D eigenvalue weighted by molar-refractivity contribution is 5.97. The van der Waals surface area contributed by atoms with Gasteiger partial charge in [-0.1, -0.05) is 19.4 Å². The fraction of sp³-hybridized carbons (Fsp3) is 0.810. The highest BCUT2D eigenvalue weighted by atomic mass is 16.5. The van der Waals surface area contributed by atoms with Gasteiger partial charge >= 0.3 is 0 Å². The summed E-state index contributed by atoms with van der Waals surface area (Å²) in [6, 6.07) is 0. The summed E-state index contributed by atoms with van der Waals surface area (Å²) < 4.78 is 0. The van der Waals surface area contributed by atoms with E-state index < -0.39 is 29.7 Å². The molecule has 0 amide bonds. The monoisotopic (exact) mass is 378 g/mol. The molecule has 7 atom stereocenters. The molecule has 0 aliphatic heterocycles. The molecule has 150 valence electrons. The minimum Gasteiger partial charge on any atom is -0.393 e. The van der Waals surface area contributed by atoms with Gasteiger partial charge in [0.15, 0.2) is 5.78 Å². The minimum atomic E-state index is -2.38. The van der Waals surface area contributed by atoms with Crippen molar-refractivity contribution in [2.24, 2.45) is 34.5 Å². The summed E-state index contributed by atoms with van der Waals surface area (Å²) in [5.41, 5.74) is -0.0610. The first-order valence-corrected chi connectivity index (χ1v) is 10.1. The maximum absolute atomic E-state index is 12.3. The van der Waals surface area contributed by atoms with Gasteiger partial charge in [-0.05, 0) is 66.8 Å². The maximum Gasteiger partial charge on any atom is 0.228 e. The van der Waals surface area contributed by atoms with Crippen LogP contribution in [0.4, 0.5) is 0 Å². The third kappa shape index (κ3) is 2.53. The maximum atomic E-state index is 12.3. The molecule has 0 bridgehead atoms. The van der Waals surface area contributed by atoms with E-state index in [-0.39, 0.29) is 41.3 Å². The largest absolute Gasteiger partial charge is 0.393 e. The number of carbonyl (C=O) groups is 2. The third-order valence-corrected chi connectivity index (χ3v) is 8.53. The zero-order valence-corrected chi connectivity index (χ0v) is 16.0. The van der Waals surface area contributed by atoms with Crippen LogP contribution in [0, 0.1) is 34.5 Å². The van der Waals surface area contributed by atoms with Crippen LogP contribution < -0.4 is 0 Å². The number of aliphatic hydroxyl groups excluding tert-OH is 2. The Morgan fingerprint density at radius 3 is 2.59 bits per heavy atom. The summed E-state index contributed by atoms with van der Waals surface area (Å²) in [6.45, 7) is 3.56. The molecule has 4 rings (SSSR count). The van der Waals surface area contributed by atoms with Crippen molar-refractivity contribution in [3.05, 3.63) is 11.6 Å². The number of allylic oxidation sites excluding steroid dienone is 1. The standard InChI is InChI=1S/C21H30O6/c1-19-8-15(23)18-12(13(19)5-6-14(19)16(24)9-22)4-3-11-7-17(25)21(26,27)10-20(11,18)2/h7,12-15,18,22-23,26-27H,3-6,8-10H2,1-2H3/t12-,13-,14+,15-,18+,19-,20-/m0/s1. The topological polar surface area (TPSA) is 115 Å². The van der Waals surface area contributed by atoms with Crippen LogP contribution in [-0.4, -0.2) is 50.5 Å². The van der Waals surface area contributed by atoms with E-state index in [0.29, 0.717) is 12.8 Å². The fourth-order valence-corrected chi connectivity index (χ4v) is 7.45. The van der Waals surface area contributed by atoms with Crippen LogP contribution in [0.3, 0.4) is 0 Å². The van der Waals surface area contributed by atoms with Crippen LogP contribution in [0.5, 0.6) is 0 Å². The van der Waals surface area contributed by atoms with E-state index in [2.05, 4.69) is 6.92 Å². The second-order valence-electron chi connectivity index (χ2n) is 9.81. The number of ketones is 2. The van der Waals surface area contributed by atoms with E-state index in [1.54, 1.807) is 0 Å². The van der Waals surface area contributed by atoms with Gasteiger partial charge in [-0.25, -0.2) is 0 Å². The van der Waals surface area contributed by atoms with E-state index in [1.807, 2.05) is 6.92 Å². The molecule has 3 fully saturated rings. The summed E-state index contributed by atoms with van der Waals surface area (Å²) in [7, 11) is 0. The smallest absolute Gasteiger partial charge is 0.228 e. The van der Waals surface area contributed by atoms with Crippen molar-refractivity contribution in [3.8, 4) is 0 Å². The summed E-state index contributed by atoms with van der Waals surface area (Å²) >= 11 is 0. The van der Waals surface area contributed by atoms with Crippen molar-refractivity contribution in [1.82, 2.24) is 0 Å². The molecule has 4 aliphatic carbocycles. The Hall–Kier alpha value is -1.08. The predicted molar refractivity (Wildman–Crippen MR) is 96.2 cm³/mol. The Morgan fingerprint density at radius 1 is 1.22 bits per heavy atom. The van der Waals surface area contributed by atoms with E-state index >= 15 is 0 Å². The fourth-order valence-electron chi connectivity index (χ4n) is 7.45. The summed E-state index contributed by atoms with van der Waals surface area (Å²) in [5.74, 6) is -3.15. The Labute approximate surface area is 159 Å². The lowest BCUT2D eigenvalue weighted by molar-refractivity contribution is -0.207. The minimum absolute atomic E-state index is 0.0919. The lowest BCUT2D eigenvalue weighted by Gasteiger charge is -2.60. The molecule has 0 spiro atoms. The molecule has 0 radical (unpaired) electrons. The Bertz CT molecular complexity index is 711. The van der Waals surface area contributed by atoms with Crippen molar-refractivity contribution in [2.75, 3.05) is 6.61 Å². The molecular formula is C21H30O6. The molecule has 0 saturated heterocycles. The molecular weight excluding hydrogens is 348 g/mol. The summed E-state index contributed by atoms with van der Waals surface area (Å²) in [4.78, 5) is 24.3. The number of carbonyl (C=O) groups excluding carboxylic acids is 2. The van der Waals surface area contributed by atoms with Gasteiger partial charge in [-0.2, -0.15) is 0 Å². The van der Waals surface area contributed by atoms with Gasteiger partial charge in [0.05, 0.1) is 6.10 Å². The van der Waals surface area contributed by atoms with Crippen molar-refractivity contribution < 1.29 is 30.0 Å². The Balaban J connectivity index is 1.72. The van der Waals surface area contributed by atoms with Crippen LogP contribution in [0.15, 0.2) is 11.6 Å². The second-order valence-corrected chi connectivity index (χ2v) is 9.81. The molecule has 3 saturated carbocycles. The normalized spacial score (nSPS) is 48.3. The average Bonchev–Trinajstić information content (AvgIpc) is 2.91. The zero-order valence-electron chi connectivity index (χ0n) is 16.0. The number of Topliss-reactive ketones (excluding diaryl/α,β-unsaturated/α-hetero) is 1. The summed E-state index contributed by atoms with van der Waals surface area (Å²) in [5, 5.41) is 41.0. The lowest BCUT2D eigenvalue weighted by atomic mass is 9.45. The highest BCUT2D eigenvalue weighted by Gasteiger charge is 2.64. The first-order chi connectivity index (χ1) is 12.5. The molecule has 27 heavy (non-hydrogen) atoms. The van der Waals surface area contributed by atoms with E-state index in [0.717, 1.165) is 24.8 Å². The molecule has 4 aliphatic rings. The number of fused-ring (bicyclic) bond motifs is 5. The van der Waals surface area contributed by atoms with E-state index in [4.69, 9.17) is 0 Å². The molecule has 0 unspecified atom stereocenters. The van der Waals surface area contributed by atoms with Gasteiger partial charge in [-0.15, -0.1) is 0 Å². The molecule has 0 aromatic heterocycles. The van der Waals surface area contributed by atoms with Crippen LogP contribution >= 0.6 is 0 Å². The Morgan fingerprint density at radius 2 is 1.93 bits per heavy atom. The van der Waals surface area contributed by atoms with Crippen LogP contribution in [-0.2, 0) is 9.59 Å². The molecule has 6 heteroatoms. The van der Waals surface area contributed by atoms with Crippen LogP contribution in [0.2, 0.25) is 0 Å². The number of hydrogen-bond acceptors (Lipinski definition) is 6. The molecule has 6 nitrogen and oxygen atoms in total. The molecule has 0 aromatic rings. The number of hydrogen-bond donors (Lipinski definition) is 4. The SMILES string of the molecule is C[C@]12C[C@H](O)[C@H]3[C@@H](CCC4=CC(=O)C(O)(O)C[C@@]43C)[C@@H]1CC[C@@H]2C(=O)CO. The first kappa shape index (κ1) is 19.2. The second kappa shape index (κ2) is 5.96. The van der Waals surface area contributed by atoms with Crippen molar-refractivity contribution in [2.45, 2.75) is 64.3 Å². The van der Waals surface area contributed by atoms with Gasteiger partial charge < -0.3 is 20.4 Å². The van der Waals surface area contributed by atoms with Crippen molar-refractivity contribution in [3.63, 3.8) is 0 Å². The van der Waals surface area contributed by atoms with Crippen LogP contribution in [0.1, 0.15) is 52.4 Å². The number of rotatable bonds is 2. The molecule has 0 heterocycles. The van der Waals surface area contributed by atoms with Crippen LogP contribution in [0.25, 0.3) is 0 Å². The van der Waals surface area contributed by atoms with Gasteiger partial charge in [0.25, 0.3) is 0 Å². The predicted octanol–water partition coefficient (Wildman–Crippen LogP) is 0.957. The van der Waals surface area contributed by atoms with Crippen molar-refractivity contribution in [1.29, 1.82) is 0 Å². The van der Waals surface area contributed by atoms with Gasteiger partial charge in [0.2, 0.25) is 11.6 Å². The highest BCUT2D eigenvalue weighted by Crippen LogP contribution is 2.67. The first-order valence-electron chi connectivity index (χ1n) is 10.1. The molecule has 4 N–H and O–H groups in total. The summed E-state index contributed by atoms with van der Waals surface area (Å²) in [6.07, 6.45) is 4.24. The zero-order chi connectivity index (χ0) is 19.8. The van der Waals surface area contributed by atoms with Gasteiger partial charge in [0, 0.05) is 12.3 Å². The van der Waals surface area contributed by atoms with Gasteiger partial charge in [-0.3, -0.25) is 9.59 Å². The lowest BCUT2D eigenvalue weighted by Crippen LogP contribution is -2.60. The average molecular weight is 378 g/mol. The van der Waals surface area contributed by atoms with E-state index in [1.165, 1.54) is 6.08 Å².